The third kappa shape index (κ3) is 6.21. The van der Waals surface area contributed by atoms with E-state index in [1.807, 2.05) is 13.8 Å². The summed E-state index contributed by atoms with van der Waals surface area (Å²) in [6.07, 6.45) is 2.06. The SMILES string of the molecule is COc1cc(Nc2ncc(F)c(Nc3cccc(C(C)C)c3NS(C)(=O)=O)n2)cc(OC)c1OC. The number of sulfonamides is 1. The van der Waals surface area contributed by atoms with Crippen LogP contribution in [0.4, 0.5) is 33.2 Å². The van der Waals surface area contributed by atoms with Gasteiger partial charge in [-0.1, -0.05) is 26.0 Å². The van der Waals surface area contributed by atoms with Gasteiger partial charge in [0.05, 0.1) is 45.2 Å². The molecule has 3 aromatic rings. The molecule has 2 aromatic carbocycles. The van der Waals surface area contributed by atoms with Crippen molar-refractivity contribution in [2.24, 2.45) is 0 Å². The van der Waals surface area contributed by atoms with E-state index in [-0.39, 0.29) is 17.7 Å². The molecular weight excluding hydrogens is 477 g/mol. The molecule has 0 unspecified atom stereocenters. The first-order valence-corrected chi connectivity index (χ1v) is 12.4. The van der Waals surface area contributed by atoms with Crippen LogP contribution in [0.25, 0.3) is 0 Å². The highest BCUT2D eigenvalue weighted by Gasteiger charge is 2.18. The van der Waals surface area contributed by atoms with Gasteiger partial charge in [-0.15, -0.1) is 0 Å². The lowest BCUT2D eigenvalue weighted by atomic mass is 10.0. The van der Waals surface area contributed by atoms with Gasteiger partial charge < -0.3 is 24.8 Å². The zero-order valence-corrected chi connectivity index (χ0v) is 21.1. The lowest BCUT2D eigenvalue weighted by Crippen LogP contribution is -2.14. The molecule has 1 heterocycles. The number of rotatable bonds is 10. The third-order valence-corrected chi connectivity index (χ3v) is 5.50. The molecule has 0 radical (unpaired) electrons. The molecule has 0 aliphatic rings. The summed E-state index contributed by atoms with van der Waals surface area (Å²) >= 11 is 0. The number of aromatic nitrogens is 2. The number of para-hydroxylation sites is 1. The molecular formula is C23H28FN5O5S. The molecule has 188 valence electrons. The van der Waals surface area contributed by atoms with Crippen molar-refractivity contribution in [2.45, 2.75) is 19.8 Å². The van der Waals surface area contributed by atoms with Gasteiger partial charge >= 0.3 is 0 Å². The number of nitrogens with one attached hydrogen (secondary N) is 3. The first-order valence-electron chi connectivity index (χ1n) is 10.5. The van der Waals surface area contributed by atoms with Crippen LogP contribution in [0.1, 0.15) is 25.3 Å². The third-order valence-electron chi connectivity index (χ3n) is 4.92. The van der Waals surface area contributed by atoms with Crippen molar-refractivity contribution < 1.29 is 27.0 Å². The summed E-state index contributed by atoms with van der Waals surface area (Å²) in [5, 5.41) is 5.87. The fourth-order valence-electron chi connectivity index (χ4n) is 3.38. The highest BCUT2D eigenvalue weighted by atomic mass is 32.2. The normalized spacial score (nSPS) is 11.2. The zero-order chi connectivity index (χ0) is 25.8. The molecule has 0 aliphatic carbocycles. The Morgan fingerprint density at radius 3 is 2.20 bits per heavy atom. The smallest absolute Gasteiger partial charge is 0.229 e. The minimum atomic E-state index is -3.59. The number of hydrogen-bond acceptors (Lipinski definition) is 9. The van der Waals surface area contributed by atoms with Gasteiger partial charge in [0.25, 0.3) is 0 Å². The van der Waals surface area contributed by atoms with Crippen LogP contribution in [0.15, 0.2) is 36.5 Å². The number of anilines is 5. The minimum Gasteiger partial charge on any atom is -0.493 e. The van der Waals surface area contributed by atoms with Crippen LogP contribution in [0, 0.1) is 5.82 Å². The standard InChI is InChI=1S/C23H28FN5O5S/c1-13(2)15-8-7-9-17(20(15)29-35(6,30)31)27-22-16(24)12-25-23(28-22)26-14-10-18(32-3)21(34-5)19(11-14)33-4/h7-13,29H,1-6H3,(H2,25,26,27,28). The Bertz CT molecular complexity index is 1290. The maximum Gasteiger partial charge on any atom is 0.229 e. The fraction of sp³-hybridized carbons (Fsp3) is 0.304. The van der Waals surface area contributed by atoms with E-state index in [4.69, 9.17) is 14.2 Å². The number of benzene rings is 2. The molecule has 3 N–H and O–H groups in total. The van der Waals surface area contributed by atoms with Crippen LogP contribution in [0.2, 0.25) is 0 Å². The molecule has 0 saturated heterocycles. The molecule has 0 saturated carbocycles. The topological polar surface area (TPSA) is 124 Å². The molecule has 1 aromatic heterocycles. The minimum absolute atomic E-state index is 0.00788. The Morgan fingerprint density at radius 1 is 1.00 bits per heavy atom. The van der Waals surface area contributed by atoms with Crippen LogP contribution in [-0.4, -0.2) is 46.0 Å². The predicted octanol–water partition coefficient (Wildman–Crippen LogP) is 4.62. The monoisotopic (exact) mass is 505 g/mol. The number of methoxy groups -OCH3 is 3. The first-order chi connectivity index (χ1) is 16.6. The quantitative estimate of drug-likeness (QED) is 0.362. The van der Waals surface area contributed by atoms with Gasteiger partial charge in [0.15, 0.2) is 23.1 Å². The summed E-state index contributed by atoms with van der Waals surface area (Å²) in [5.74, 6) is 0.467. The summed E-state index contributed by atoms with van der Waals surface area (Å²) in [6.45, 7) is 3.86. The lowest BCUT2D eigenvalue weighted by Gasteiger charge is -2.19. The molecule has 0 aliphatic heterocycles. The van der Waals surface area contributed by atoms with Gasteiger partial charge in [-0.25, -0.2) is 17.8 Å². The van der Waals surface area contributed by atoms with Gasteiger partial charge in [0.2, 0.25) is 21.7 Å². The highest BCUT2D eigenvalue weighted by molar-refractivity contribution is 7.92. The van der Waals surface area contributed by atoms with Gasteiger partial charge in [-0.2, -0.15) is 4.98 Å². The number of halogens is 1. The molecule has 35 heavy (non-hydrogen) atoms. The Morgan fingerprint density at radius 2 is 1.66 bits per heavy atom. The van der Waals surface area contributed by atoms with E-state index in [1.54, 1.807) is 30.3 Å². The predicted molar refractivity (Wildman–Crippen MR) is 134 cm³/mol. The molecule has 12 heteroatoms. The molecule has 10 nitrogen and oxygen atoms in total. The van der Waals surface area contributed by atoms with Crippen molar-refractivity contribution in [2.75, 3.05) is 42.9 Å². The van der Waals surface area contributed by atoms with Crippen molar-refractivity contribution in [1.82, 2.24) is 9.97 Å². The number of ether oxygens (including phenoxy) is 3. The summed E-state index contributed by atoms with van der Waals surface area (Å²) in [6, 6.07) is 8.49. The van der Waals surface area contributed by atoms with E-state index in [1.165, 1.54) is 21.3 Å². The van der Waals surface area contributed by atoms with Gasteiger partial charge in [-0.3, -0.25) is 4.72 Å². The van der Waals surface area contributed by atoms with Crippen molar-refractivity contribution in [1.29, 1.82) is 0 Å². The number of nitrogens with zero attached hydrogens (tertiary/aromatic N) is 2. The average molecular weight is 506 g/mol. The van der Waals surface area contributed by atoms with Crippen molar-refractivity contribution >= 4 is 38.9 Å². The molecule has 3 rings (SSSR count). The Labute approximate surface area is 203 Å². The summed E-state index contributed by atoms with van der Waals surface area (Å²) in [5.41, 5.74) is 1.92. The Hall–Kier alpha value is -3.80. The largest absolute Gasteiger partial charge is 0.493 e. The molecule has 0 fully saturated rings. The molecule has 0 bridgehead atoms. The second-order valence-electron chi connectivity index (χ2n) is 7.85. The average Bonchev–Trinajstić information content (AvgIpc) is 2.80. The zero-order valence-electron chi connectivity index (χ0n) is 20.3. The van der Waals surface area contributed by atoms with Gasteiger partial charge in [0.1, 0.15) is 0 Å². The van der Waals surface area contributed by atoms with E-state index in [2.05, 4.69) is 25.3 Å². The highest BCUT2D eigenvalue weighted by Crippen LogP contribution is 2.40. The summed E-state index contributed by atoms with van der Waals surface area (Å²) in [4.78, 5) is 8.23. The van der Waals surface area contributed by atoms with E-state index < -0.39 is 15.8 Å². The van der Waals surface area contributed by atoms with Crippen LogP contribution in [0.3, 0.4) is 0 Å². The summed E-state index contributed by atoms with van der Waals surface area (Å²) in [7, 11) is 0.889. The van der Waals surface area contributed by atoms with Crippen LogP contribution in [-0.2, 0) is 10.0 Å². The lowest BCUT2D eigenvalue weighted by molar-refractivity contribution is 0.324. The van der Waals surface area contributed by atoms with Crippen LogP contribution < -0.4 is 29.6 Å². The molecule has 0 atom stereocenters. The van der Waals surface area contributed by atoms with Crippen LogP contribution >= 0.6 is 0 Å². The van der Waals surface area contributed by atoms with E-state index in [0.717, 1.165) is 18.0 Å². The van der Waals surface area contributed by atoms with Crippen molar-refractivity contribution in [3.63, 3.8) is 0 Å². The van der Waals surface area contributed by atoms with E-state index in [9.17, 15) is 12.8 Å². The second-order valence-corrected chi connectivity index (χ2v) is 9.60. The van der Waals surface area contributed by atoms with E-state index in [0.29, 0.717) is 34.3 Å². The number of hydrogen-bond donors (Lipinski definition) is 3. The van der Waals surface area contributed by atoms with E-state index >= 15 is 0 Å². The van der Waals surface area contributed by atoms with Gasteiger partial charge in [0, 0.05) is 17.8 Å². The van der Waals surface area contributed by atoms with Crippen molar-refractivity contribution in [3.8, 4) is 17.2 Å². The Balaban J connectivity index is 1.98. The second kappa shape index (κ2) is 10.6. The fourth-order valence-corrected chi connectivity index (χ4v) is 3.98. The molecule has 0 spiro atoms. The maximum atomic E-state index is 14.6. The van der Waals surface area contributed by atoms with Crippen molar-refractivity contribution in [3.05, 3.63) is 47.9 Å². The first kappa shape index (κ1) is 25.8. The van der Waals surface area contributed by atoms with Gasteiger partial charge in [-0.05, 0) is 17.5 Å². The summed E-state index contributed by atoms with van der Waals surface area (Å²) < 4.78 is 57.1. The van der Waals surface area contributed by atoms with Crippen LogP contribution in [0.5, 0.6) is 17.2 Å². The Kier molecular flexibility index (Phi) is 7.85. The molecule has 0 amide bonds. The maximum absolute atomic E-state index is 14.6.